The van der Waals surface area contributed by atoms with Gasteiger partial charge in [0.2, 0.25) is 0 Å². The molecule has 0 saturated carbocycles. The van der Waals surface area contributed by atoms with Gasteiger partial charge in [-0.25, -0.2) is 9.78 Å². The van der Waals surface area contributed by atoms with E-state index in [4.69, 9.17) is 10.5 Å². The van der Waals surface area contributed by atoms with Gasteiger partial charge in [0.25, 0.3) is 0 Å². The van der Waals surface area contributed by atoms with Crippen LogP contribution in [0.1, 0.15) is 26.3 Å². The lowest BCUT2D eigenvalue weighted by molar-refractivity contribution is -0.0164. The molecule has 2 unspecified atom stereocenters. The molecule has 2 fully saturated rings. The Bertz CT molecular complexity index is 552. The van der Waals surface area contributed by atoms with Crippen molar-refractivity contribution in [1.29, 1.82) is 0 Å². The van der Waals surface area contributed by atoms with Gasteiger partial charge in [-0.3, -0.25) is 4.90 Å². The van der Waals surface area contributed by atoms with E-state index in [1.165, 1.54) is 0 Å². The Labute approximate surface area is 131 Å². The predicted octanol–water partition coefficient (Wildman–Crippen LogP) is 1.71. The highest BCUT2D eigenvalue weighted by molar-refractivity contribution is 5.70. The van der Waals surface area contributed by atoms with Crippen LogP contribution in [0.5, 0.6) is 0 Å². The van der Waals surface area contributed by atoms with Crippen molar-refractivity contribution < 1.29 is 9.53 Å². The molecular formula is C16H24N4O2. The minimum atomic E-state index is -0.434. The van der Waals surface area contributed by atoms with Crippen molar-refractivity contribution in [3.8, 4) is 0 Å². The number of rotatable bonds is 2. The fourth-order valence-electron chi connectivity index (χ4n) is 3.17. The summed E-state index contributed by atoms with van der Waals surface area (Å²) in [6, 6.07) is 4.12. The molecule has 0 spiro atoms. The van der Waals surface area contributed by atoms with Crippen molar-refractivity contribution in [3.63, 3.8) is 0 Å². The van der Waals surface area contributed by atoms with Crippen LogP contribution in [0.3, 0.4) is 0 Å². The molecule has 120 valence electrons. The van der Waals surface area contributed by atoms with E-state index >= 15 is 0 Å². The number of nitrogens with two attached hydrogens (primary N) is 1. The molecule has 22 heavy (non-hydrogen) atoms. The summed E-state index contributed by atoms with van der Waals surface area (Å²) in [6.07, 6.45) is 1.63. The summed E-state index contributed by atoms with van der Waals surface area (Å²) < 4.78 is 5.46. The number of aromatic nitrogens is 1. The Morgan fingerprint density at radius 1 is 1.36 bits per heavy atom. The maximum atomic E-state index is 12.1. The molecule has 1 aromatic heterocycles. The van der Waals surface area contributed by atoms with Crippen LogP contribution in [0.25, 0.3) is 0 Å². The van der Waals surface area contributed by atoms with Gasteiger partial charge in [-0.1, -0.05) is 6.07 Å². The van der Waals surface area contributed by atoms with Crippen LogP contribution >= 0.6 is 0 Å². The number of likely N-dealkylation sites (tertiary alicyclic amines) is 2. The van der Waals surface area contributed by atoms with Gasteiger partial charge in [-0.2, -0.15) is 0 Å². The van der Waals surface area contributed by atoms with E-state index in [1.807, 2.05) is 44.0 Å². The third-order valence-electron chi connectivity index (χ3n) is 4.20. The van der Waals surface area contributed by atoms with Gasteiger partial charge < -0.3 is 15.4 Å². The minimum Gasteiger partial charge on any atom is -0.444 e. The summed E-state index contributed by atoms with van der Waals surface area (Å²) in [6.45, 7) is 9.27. The fourth-order valence-corrected chi connectivity index (χ4v) is 3.17. The van der Waals surface area contributed by atoms with E-state index in [1.54, 1.807) is 0 Å². The Morgan fingerprint density at radius 2 is 2.14 bits per heavy atom. The summed E-state index contributed by atoms with van der Waals surface area (Å²) in [5, 5.41) is 0. The zero-order chi connectivity index (χ0) is 15.9. The van der Waals surface area contributed by atoms with Crippen molar-refractivity contribution in [1.82, 2.24) is 14.8 Å². The standard InChI is InChI=1S/C16H24N4O2/c1-16(2,3)22-15(21)20-9-12-8-19(10-13(12)20)7-11-4-5-14(17)18-6-11/h4-6,12-13H,7-10H2,1-3H3,(H2,17,18). The first kappa shape index (κ1) is 15.1. The summed E-state index contributed by atoms with van der Waals surface area (Å²) in [5.74, 6) is 1.11. The summed E-state index contributed by atoms with van der Waals surface area (Å²) >= 11 is 0. The van der Waals surface area contributed by atoms with E-state index in [0.717, 1.165) is 31.7 Å². The van der Waals surface area contributed by atoms with E-state index in [-0.39, 0.29) is 12.1 Å². The second-order valence-corrected chi connectivity index (χ2v) is 7.25. The molecule has 0 aromatic carbocycles. The van der Waals surface area contributed by atoms with Gasteiger partial charge in [-0.05, 0) is 32.4 Å². The Morgan fingerprint density at radius 3 is 2.77 bits per heavy atom. The van der Waals surface area contributed by atoms with Gasteiger partial charge in [0.1, 0.15) is 11.4 Å². The lowest BCUT2D eigenvalue weighted by Crippen LogP contribution is -2.59. The summed E-state index contributed by atoms with van der Waals surface area (Å²) in [4.78, 5) is 20.5. The summed E-state index contributed by atoms with van der Waals surface area (Å²) in [7, 11) is 0. The maximum absolute atomic E-state index is 12.1. The second-order valence-electron chi connectivity index (χ2n) is 7.25. The molecule has 6 nitrogen and oxygen atoms in total. The third-order valence-corrected chi connectivity index (χ3v) is 4.20. The molecule has 0 aliphatic carbocycles. The first-order valence-corrected chi connectivity index (χ1v) is 7.74. The molecule has 1 amide bonds. The minimum absolute atomic E-state index is 0.190. The summed E-state index contributed by atoms with van der Waals surface area (Å²) in [5.41, 5.74) is 6.33. The number of fused-ring (bicyclic) bond motifs is 1. The number of pyridine rings is 1. The molecule has 2 aliphatic rings. The number of ether oxygens (including phenoxy) is 1. The zero-order valence-corrected chi connectivity index (χ0v) is 13.5. The van der Waals surface area contributed by atoms with E-state index < -0.39 is 5.60 Å². The molecule has 2 N–H and O–H groups in total. The molecule has 2 saturated heterocycles. The highest BCUT2D eigenvalue weighted by atomic mass is 16.6. The highest BCUT2D eigenvalue weighted by Gasteiger charge is 2.48. The quantitative estimate of drug-likeness (QED) is 0.900. The van der Waals surface area contributed by atoms with Crippen molar-refractivity contribution in [2.75, 3.05) is 25.4 Å². The van der Waals surface area contributed by atoms with Crippen molar-refractivity contribution in [2.24, 2.45) is 5.92 Å². The van der Waals surface area contributed by atoms with Crippen LogP contribution in [-0.2, 0) is 11.3 Å². The molecular weight excluding hydrogens is 280 g/mol. The number of amides is 1. The predicted molar refractivity (Wildman–Crippen MR) is 84.1 cm³/mol. The van der Waals surface area contributed by atoms with Gasteiger partial charge in [0.05, 0.1) is 6.04 Å². The number of nitrogen functional groups attached to an aromatic ring is 1. The lowest BCUT2D eigenvalue weighted by Gasteiger charge is -2.43. The number of hydrogen-bond donors (Lipinski definition) is 1. The number of carbonyl (C=O) groups is 1. The van der Waals surface area contributed by atoms with E-state index in [2.05, 4.69) is 9.88 Å². The lowest BCUT2D eigenvalue weighted by atomic mass is 9.93. The Hall–Kier alpha value is -1.82. The largest absolute Gasteiger partial charge is 0.444 e. The number of hydrogen-bond acceptors (Lipinski definition) is 5. The van der Waals surface area contributed by atoms with Crippen LogP contribution in [0, 0.1) is 5.92 Å². The van der Waals surface area contributed by atoms with Crippen LogP contribution in [0.4, 0.5) is 10.6 Å². The average molecular weight is 304 g/mol. The molecule has 3 heterocycles. The molecule has 6 heteroatoms. The van der Waals surface area contributed by atoms with Gasteiger partial charge in [-0.15, -0.1) is 0 Å². The average Bonchev–Trinajstić information content (AvgIpc) is 2.68. The Balaban J connectivity index is 1.54. The van der Waals surface area contributed by atoms with Crippen molar-refractivity contribution in [2.45, 2.75) is 39.0 Å². The fraction of sp³-hybridized carbons (Fsp3) is 0.625. The van der Waals surface area contributed by atoms with Crippen LogP contribution in [0.15, 0.2) is 18.3 Å². The SMILES string of the molecule is CC(C)(C)OC(=O)N1CC2CN(Cc3ccc(N)nc3)CC21. The van der Waals surface area contributed by atoms with Crippen molar-refractivity contribution in [3.05, 3.63) is 23.9 Å². The van der Waals surface area contributed by atoms with Crippen LogP contribution < -0.4 is 5.73 Å². The molecule has 0 radical (unpaired) electrons. The maximum Gasteiger partial charge on any atom is 0.410 e. The smallest absolute Gasteiger partial charge is 0.410 e. The molecule has 3 rings (SSSR count). The Kier molecular flexibility index (Phi) is 3.72. The van der Waals surface area contributed by atoms with Gasteiger partial charge in [0.15, 0.2) is 0 Å². The number of anilines is 1. The van der Waals surface area contributed by atoms with E-state index in [0.29, 0.717) is 11.7 Å². The first-order valence-electron chi connectivity index (χ1n) is 7.74. The number of carbonyl (C=O) groups excluding carboxylic acids is 1. The molecule has 0 bridgehead atoms. The molecule has 1 aromatic rings. The molecule has 2 atom stereocenters. The van der Waals surface area contributed by atoms with E-state index in [9.17, 15) is 4.79 Å². The molecule has 2 aliphatic heterocycles. The second kappa shape index (κ2) is 5.43. The monoisotopic (exact) mass is 304 g/mol. The van der Waals surface area contributed by atoms with Gasteiger partial charge in [0, 0.05) is 38.3 Å². The van der Waals surface area contributed by atoms with Gasteiger partial charge >= 0.3 is 6.09 Å². The topological polar surface area (TPSA) is 71.7 Å². The van der Waals surface area contributed by atoms with Crippen LogP contribution in [-0.4, -0.2) is 52.2 Å². The highest BCUT2D eigenvalue weighted by Crippen LogP contribution is 2.34. The third kappa shape index (κ3) is 3.16. The normalized spacial score (nSPS) is 24.8. The zero-order valence-electron chi connectivity index (χ0n) is 13.5. The first-order chi connectivity index (χ1) is 10.3. The number of nitrogens with zero attached hydrogens (tertiary/aromatic N) is 3. The van der Waals surface area contributed by atoms with Crippen molar-refractivity contribution >= 4 is 11.9 Å². The van der Waals surface area contributed by atoms with Crippen LogP contribution in [0.2, 0.25) is 0 Å².